The van der Waals surface area contributed by atoms with Crippen molar-refractivity contribution in [2.45, 2.75) is 44.2 Å². The van der Waals surface area contributed by atoms with E-state index in [1.807, 2.05) is 24.3 Å². The van der Waals surface area contributed by atoms with E-state index in [1.165, 1.54) is 12.8 Å². The van der Waals surface area contributed by atoms with Crippen molar-refractivity contribution in [2.75, 3.05) is 7.11 Å². The highest BCUT2D eigenvalue weighted by Gasteiger charge is 2.40. The second-order valence-corrected chi connectivity index (χ2v) is 5.86. The number of methoxy groups -OCH3 is 1. The summed E-state index contributed by atoms with van der Waals surface area (Å²) in [6, 6.07) is 7.66. The molecule has 0 amide bonds. The van der Waals surface area contributed by atoms with E-state index in [2.05, 4.69) is 6.92 Å². The summed E-state index contributed by atoms with van der Waals surface area (Å²) >= 11 is 6.25. The third-order valence-electron chi connectivity index (χ3n) is 4.33. The van der Waals surface area contributed by atoms with Crippen LogP contribution < -0.4 is 5.73 Å². The van der Waals surface area contributed by atoms with Crippen LogP contribution in [0.25, 0.3) is 0 Å². The molecule has 18 heavy (non-hydrogen) atoms. The van der Waals surface area contributed by atoms with Gasteiger partial charge in [-0.2, -0.15) is 0 Å². The number of benzene rings is 1. The van der Waals surface area contributed by atoms with Gasteiger partial charge in [0.1, 0.15) is 0 Å². The third kappa shape index (κ3) is 2.56. The van der Waals surface area contributed by atoms with Crippen molar-refractivity contribution in [1.29, 1.82) is 0 Å². The summed E-state index contributed by atoms with van der Waals surface area (Å²) in [5.74, 6) is 0.770. The fraction of sp³-hybridized carbons (Fsp3) is 0.600. The Morgan fingerprint density at radius 2 is 1.94 bits per heavy atom. The van der Waals surface area contributed by atoms with Gasteiger partial charge in [0, 0.05) is 12.1 Å². The van der Waals surface area contributed by atoms with Crippen LogP contribution >= 0.6 is 11.6 Å². The van der Waals surface area contributed by atoms with Crippen molar-refractivity contribution in [3.63, 3.8) is 0 Å². The molecule has 1 fully saturated rings. The van der Waals surface area contributed by atoms with Gasteiger partial charge in [-0.05, 0) is 43.2 Å². The minimum atomic E-state index is -0.252. The zero-order chi connectivity index (χ0) is 13.2. The molecule has 1 saturated carbocycles. The maximum Gasteiger partial charge on any atom is 0.0871 e. The normalized spacial score (nSPS) is 30.1. The van der Waals surface area contributed by atoms with Crippen LogP contribution in [0.1, 0.15) is 44.2 Å². The molecule has 1 aliphatic rings. The highest BCUT2D eigenvalue weighted by Crippen LogP contribution is 2.42. The highest BCUT2D eigenvalue weighted by atomic mass is 35.5. The van der Waals surface area contributed by atoms with Crippen molar-refractivity contribution < 1.29 is 4.74 Å². The molecule has 1 aromatic carbocycles. The molecule has 0 spiro atoms. The van der Waals surface area contributed by atoms with Gasteiger partial charge in [-0.3, -0.25) is 0 Å². The fourth-order valence-electron chi connectivity index (χ4n) is 2.90. The lowest BCUT2D eigenvalue weighted by Crippen LogP contribution is -2.45. The smallest absolute Gasteiger partial charge is 0.0871 e. The Hall–Kier alpha value is -0.570. The maximum absolute atomic E-state index is 6.45. The minimum absolute atomic E-state index is 0.149. The molecule has 1 aromatic rings. The molecule has 0 saturated heterocycles. The van der Waals surface area contributed by atoms with E-state index >= 15 is 0 Å². The van der Waals surface area contributed by atoms with Crippen LogP contribution in [0.5, 0.6) is 0 Å². The lowest BCUT2D eigenvalue weighted by molar-refractivity contribution is -0.0671. The second kappa shape index (κ2) is 5.60. The van der Waals surface area contributed by atoms with Crippen LogP contribution in [0.2, 0.25) is 5.02 Å². The Morgan fingerprint density at radius 1 is 1.33 bits per heavy atom. The van der Waals surface area contributed by atoms with E-state index in [1.54, 1.807) is 7.11 Å². The van der Waals surface area contributed by atoms with Gasteiger partial charge in [0.05, 0.1) is 11.6 Å². The van der Waals surface area contributed by atoms with Gasteiger partial charge in [-0.25, -0.2) is 0 Å². The van der Waals surface area contributed by atoms with E-state index in [0.717, 1.165) is 29.3 Å². The molecule has 3 heteroatoms. The van der Waals surface area contributed by atoms with Gasteiger partial charge in [0.25, 0.3) is 0 Å². The van der Waals surface area contributed by atoms with Crippen LogP contribution in [0, 0.1) is 5.92 Å². The van der Waals surface area contributed by atoms with Crippen LogP contribution in [-0.2, 0) is 4.74 Å². The number of hydrogen-bond donors (Lipinski definition) is 1. The average Bonchev–Trinajstić information content (AvgIpc) is 2.40. The third-order valence-corrected chi connectivity index (χ3v) is 4.68. The SMILES string of the molecule is COC1(C(N)c2ccccc2Cl)CCC(C)CC1. The van der Waals surface area contributed by atoms with Crippen LogP contribution in [0.4, 0.5) is 0 Å². The monoisotopic (exact) mass is 267 g/mol. The number of hydrogen-bond acceptors (Lipinski definition) is 2. The number of rotatable bonds is 3. The predicted molar refractivity (Wildman–Crippen MR) is 75.8 cm³/mol. The predicted octanol–water partition coefficient (Wildman–Crippen LogP) is 3.94. The Labute approximate surface area is 114 Å². The van der Waals surface area contributed by atoms with Crippen LogP contribution in [0.15, 0.2) is 24.3 Å². The summed E-state index contributed by atoms with van der Waals surface area (Å²) in [4.78, 5) is 0. The second-order valence-electron chi connectivity index (χ2n) is 5.45. The van der Waals surface area contributed by atoms with E-state index in [4.69, 9.17) is 22.1 Å². The molecule has 0 aromatic heterocycles. The Morgan fingerprint density at radius 3 is 2.50 bits per heavy atom. The Balaban J connectivity index is 2.25. The molecular weight excluding hydrogens is 246 g/mol. The molecule has 2 N–H and O–H groups in total. The molecule has 100 valence electrons. The van der Waals surface area contributed by atoms with Gasteiger partial charge in [0.2, 0.25) is 0 Å². The molecular formula is C15H22ClNO. The first kappa shape index (κ1) is 13.9. The van der Waals surface area contributed by atoms with Crippen molar-refractivity contribution >= 4 is 11.6 Å². The zero-order valence-electron chi connectivity index (χ0n) is 11.2. The van der Waals surface area contributed by atoms with Crippen LogP contribution in [0.3, 0.4) is 0 Å². The lowest BCUT2D eigenvalue weighted by atomic mass is 9.74. The molecule has 0 radical (unpaired) electrons. The van der Waals surface area contributed by atoms with E-state index in [-0.39, 0.29) is 11.6 Å². The van der Waals surface area contributed by atoms with Crippen molar-refractivity contribution in [3.8, 4) is 0 Å². The largest absolute Gasteiger partial charge is 0.376 e. The average molecular weight is 268 g/mol. The van der Waals surface area contributed by atoms with Gasteiger partial charge in [-0.15, -0.1) is 0 Å². The minimum Gasteiger partial charge on any atom is -0.376 e. The molecule has 1 atom stereocenters. The Bertz CT molecular complexity index is 399. The number of nitrogens with two attached hydrogens (primary N) is 1. The summed E-state index contributed by atoms with van der Waals surface area (Å²) in [7, 11) is 1.77. The molecule has 2 rings (SSSR count). The quantitative estimate of drug-likeness (QED) is 0.900. The van der Waals surface area contributed by atoms with E-state index in [9.17, 15) is 0 Å². The zero-order valence-corrected chi connectivity index (χ0v) is 11.9. The first-order valence-corrected chi connectivity index (χ1v) is 7.02. The molecule has 1 unspecified atom stereocenters. The summed E-state index contributed by atoms with van der Waals surface area (Å²) in [5.41, 5.74) is 7.20. The molecule has 0 bridgehead atoms. The van der Waals surface area contributed by atoms with E-state index in [0.29, 0.717) is 0 Å². The van der Waals surface area contributed by atoms with Gasteiger partial charge < -0.3 is 10.5 Å². The summed E-state index contributed by atoms with van der Waals surface area (Å²) in [5, 5.41) is 0.736. The van der Waals surface area contributed by atoms with E-state index < -0.39 is 0 Å². The number of halogens is 1. The van der Waals surface area contributed by atoms with Crippen LogP contribution in [-0.4, -0.2) is 12.7 Å². The standard InChI is InChI=1S/C15H22ClNO/c1-11-7-9-15(18-2,10-8-11)14(17)12-5-3-4-6-13(12)16/h3-6,11,14H,7-10,17H2,1-2H3. The summed E-state index contributed by atoms with van der Waals surface area (Å²) in [6.45, 7) is 2.29. The van der Waals surface area contributed by atoms with Crippen molar-refractivity contribution in [3.05, 3.63) is 34.9 Å². The molecule has 0 aliphatic heterocycles. The topological polar surface area (TPSA) is 35.2 Å². The van der Waals surface area contributed by atoms with Crippen molar-refractivity contribution in [1.82, 2.24) is 0 Å². The maximum atomic E-state index is 6.45. The highest BCUT2D eigenvalue weighted by molar-refractivity contribution is 6.31. The van der Waals surface area contributed by atoms with Crippen molar-refractivity contribution in [2.24, 2.45) is 11.7 Å². The van der Waals surface area contributed by atoms with Gasteiger partial charge >= 0.3 is 0 Å². The Kier molecular flexibility index (Phi) is 4.31. The summed E-state index contributed by atoms with van der Waals surface area (Å²) in [6.07, 6.45) is 4.37. The first-order chi connectivity index (χ1) is 8.59. The first-order valence-electron chi connectivity index (χ1n) is 6.64. The fourth-order valence-corrected chi connectivity index (χ4v) is 3.16. The summed E-state index contributed by atoms with van der Waals surface area (Å²) < 4.78 is 5.81. The molecule has 2 nitrogen and oxygen atoms in total. The molecule has 0 heterocycles. The molecule has 1 aliphatic carbocycles. The van der Waals surface area contributed by atoms with Gasteiger partial charge in [-0.1, -0.05) is 36.7 Å². The van der Waals surface area contributed by atoms with Gasteiger partial charge in [0.15, 0.2) is 0 Å². The lowest BCUT2D eigenvalue weighted by Gasteiger charge is -2.42. The number of ether oxygens (including phenoxy) is 1.